The van der Waals surface area contributed by atoms with Gasteiger partial charge in [0.2, 0.25) is 0 Å². The van der Waals surface area contributed by atoms with Crippen molar-refractivity contribution in [2.45, 2.75) is 19.3 Å². The summed E-state index contributed by atoms with van der Waals surface area (Å²) in [5, 5.41) is 3.40. The molecule has 0 atom stereocenters. The lowest BCUT2D eigenvalue weighted by molar-refractivity contribution is -0.128. The molecule has 0 spiro atoms. The van der Waals surface area contributed by atoms with E-state index < -0.39 is 0 Å². The normalized spacial score (nSPS) is 14.5. The van der Waals surface area contributed by atoms with E-state index in [9.17, 15) is 9.59 Å². The van der Waals surface area contributed by atoms with Crippen LogP contribution in [-0.2, 0) is 4.79 Å². The van der Waals surface area contributed by atoms with E-state index in [0.717, 1.165) is 24.8 Å². The number of halogens is 1. The van der Waals surface area contributed by atoms with Crippen LogP contribution in [0.25, 0.3) is 6.08 Å². The summed E-state index contributed by atoms with van der Waals surface area (Å²) in [4.78, 5) is 27.5. The molecule has 2 aromatic carbocycles. The van der Waals surface area contributed by atoms with Gasteiger partial charge in [-0.3, -0.25) is 9.59 Å². The van der Waals surface area contributed by atoms with E-state index in [1.165, 1.54) is 0 Å². The molecule has 5 nitrogen and oxygen atoms in total. The number of likely N-dealkylation sites (tertiary alicyclic amines) is 1. The number of nitrogens with one attached hydrogen (secondary N) is 1. The van der Waals surface area contributed by atoms with Crippen LogP contribution in [0.2, 0.25) is 5.02 Å². The average Bonchev–Trinajstić information content (AvgIpc) is 2.75. The zero-order valence-electron chi connectivity index (χ0n) is 15.8. The van der Waals surface area contributed by atoms with Gasteiger partial charge in [0, 0.05) is 23.7 Å². The first kappa shape index (κ1) is 20.0. The molecule has 0 radical (unpaired) electrons. The Morgan fingerprint density at radius 3 is 2.25 bits per heavy atom. The number of methoxy groups -OCH3 is 1. The van der Waals surface area contributed by atoms with Crippen LogP contribution in [0.3, 0.4) is 0 Å². The van der Waals surface area contributed by atoms with Gasteiger partial charge in [0.25, 0.3) is 11.8 Å². The summed E-state index contributed by atoms with van der Waals surface area (Å²) < 4.78 is 5.12. The Morgan fingerprint density at radius 2 is 1.64 bits per heavy atom. The summed E-state index contributed by atoms with van der Waals surface area (Å²) in [7, 11) is 1.57. The number of benzene rings is 2. The van der Waals surface area contributed by atoms with Gasteiger partial charge < -0.3 is 15.0 Å². The van der Waals surface area contributed by atoms with Gasteiger partial charge in [0.15, 0.2) is 0 Å². The van der Waals surface area contributed by atoms with Gasteiger partial charge in [0.05, 0.1) is 7.11 Å². The number of carbonyl (C=O) groups is 2. The molecule has 146 valence electrons. The number of hydrogen-bond donors (Lipinski definition) is 1. The first-order chi connectivity index (χ1) is 13.6. The number of ether oxygens (including phenoxy) is 1. The minimum Gasteiger partial charge on any atom is -0.497 e. The van der Waals surface area contributed by atoms with Crippen LogP contribution in [0.4, 0.5) is 0 Å². The molecule has 0 unspecified atom stereocenters. The van der Waals surface area contributed by atoms with Crippen LogP contribution in [0, 0.1) is 0 Å². The highest BCUT2D eigenvalue weighted by molar-refractivity contribution is 6.30. The van der Waals surface area contributed by atoms with Crippen molar-refractivity contribution in [2.75, 3.05) is 20.2 Å². The smallest absolute Gasteiger partial charge is 0.270 e. The summed E-state index contributed by atoms with van der Waals surface area (Å²) in [6.07, 6.45) is 4.77. The topological polar surface area (TPSA) is 58.6 Å². The van der Waals surface area contributed by atoms with Crippen LogP contribution < -0.4 is 10.1 Å². The van der Waals surface area contributed by atoms with Gasteiger partial charge in [-0.15, -0.1) is 0 Å². The summed E-state index contributed by atoms with van der Waals surface area (Å²) in [6.45, 7) is 1.41. The van der Waals surface area contributed by atoms with Crippen molar-refractivity contribution >= 4 is 29.5 Å². The quantitative estimate of drug-likeness (QED) is 0.770. The third kappa shape index (κ3) is 5.14. The maximum atomic E-state index is 13.0. The van der Waals surface area contributed by atoms with Crippen LogP contribution >= 0.6 is 11.6 Å². The molecule has 0 aliphatic carbocycles. The largest absolute Gasteiger partial charge is 0.497 e. The zero-order chi connectivity index (χ0) is 19.9. The first-order valence-electron chi connectivity index (χ1n) is 9.29. The Morgan fingerprint density at radius 1 is 1.00 bits per heavy atom. The molecule has 1 aliphatic heterocycles. The Kier molecular flexibility index (Phi) is 6.71. The summed E-state index contributed by atoms with van der Waals surface area (Å²) in [5.74, 6) is 0.155. The van der Waals surface area contributed by atoms with Crippen LogP contribution in [-0.4, -0.2) is 36.9 Å². The van der Waals surface area contributed by atoms with E-state index in [1.807, 2.05) is 12.1 Å². The van der Waals surface area contributed by atoms with Crippen molar-refractivity contribution in [2.24, 2.45) is 0 Å². The highest BCUT2D eigenvalue weighted by atomic mass is 35.5. The molecule has 0 bridgehead atoms. The predicted molar refractivity (Wildman–Crippen MR) is 110 cm³/mol. The Bertz CT molecular complexity index is 854. The third-order valence-corrected chi connectivity index (χ3v) is 4.91. The summed E-state index contributed by atoms with van der Waals surface area (Å²) >= 11 is 5.95. The molecule has 2 amide bonds. The van der Waals surface area contributed by atoms with E-state index in [0.29, 0.717) is 29.4 Å². The highest BCUT2D eigenvalue weighted by Crippen LogP contribution is 2.17. The SMILES string of the molecule is COc1ccc(C(=O)N/C(=C/c2ccc(Cl)cc2)C(=O)N2CCCCC2)cc1. The van der Waals surface area contributed by atoms with E-state index in [4.69, 9.17) is 16.3 Å². The fourth-order valence-corrected chi connectivity index (χ4v) is 3.21. The van der Waals surface area contributed by atoms with E-state index in [2.05, 4.69) is 5.32 Å². The lowest BCUT2D eigenvalue weighted by Gasteiger charge is -2.27. The van der Waals surface area contributed by atoms with Crippen molar-refractivity contribution in [3.63, 3.8) is 0 Å². The number of amides is 2. The predicted octanol–water partition coefficient (Wildman–Crippen LogP) is 4.13. The molecule has 0 saturated carbocycles. The molecular formula is C22H23ClN2O3. The number of rotatable bonds is 5. The van der Waals surface area contributed by atoms with Crippen LogP contribution in [0.15, 0.2) is 54.2 Å². The number of piperidine rings is 1. The van der Waals surface area contributed by atoms with Crippen molar-refractivity contribution in [1.82, 2.24) is 10.2 Å². The Balaban J connectivity index is 1.84. The zero-order valence-corrected chi connectivity index (χ0v) is 16.5. The van der Waals surface area contributed by atoms with Gasteiger partial charge in [0.1, 0.15) is 11.4 Å². The molecule has 1 fully saturated rings. The number of nitrogens with zero attached hydrogens (tertiary/aromatic N) is 1. The molecule has 1 heterocycles. The van der Waals surface area contributed by atoms with Gasteiger partial charge in [-0.25, -0.2) is 0 Å². The second-order valence-electron chi connectivity index (χ2n) is 6.65. The number of carbonyl (C=O) groups excluding carboxylic acids is 2. The fourth-order valence-electron chi connectivity index (χ4n) is 3.08. The minimum atomic E-state index is -0.340. The van der Waals surface area contributed by atoms with E-state index in [-0.39, 0.29) is 17.5 Å². The van der Waals surface area contributed by atoms with Crippen molar-refractivity contribution in [3.8, 4) is 5.75 Å². The summed E-state index contributed by atoms with van der Waals surface area (Å²) in [6, 6.07) is 13.9. The number of hydrogen-bond acceptors (Lipinski definition) is 3. The average molecular weight is 399 g/mol. The molecule has 28 heavy (non-hydrogen) atoms. The monoisotopic (exact) mass is 398 g/mol. The van der Waals surface area contributed by atoms with E-state index >= 15 is 0 Å². The maximum Gasteiger partial charge on any atom is 0.270 e. The second-order valence-corrected chi connectivity index (χ2v) is 7.08. The van der Waals surface area contributed by atoms with Crippen LogP contribution in [0.5, 0.6) is 5.75 Å². The van der Waals surface area contributed by atoms with Crippen molar-refractivity contribution in [1.29, 1.82) is 0 Å². The van der Waals surface area contributed by atoms with Gasteiger partial charge in [-0.2, -0.15) is 0 Å². The van der Waals surface area contributed by atoms with Gasteiger partial charge in [-0.1, -0.05) is 23.7 Å². The highest BCUT2D eigenvalue weighted by Gasteiger charge is 2.22. The first-order valence-corrected chi connectivity index (χ1v) is 9.66. The molecule has 0 aromatic heterocycles. The van der Waals surface area contributed by atoms with Gasteiger partial charge >= 0.3 is 0 Å². The molecule has 1 N–H and O–H groups in total. The third-order valence-electron chi connectivity index (χ3n) is 4.66. The minimum absolute atomic E-state index is 0.170. The molecule has 6 heteroatoms. The van der Waals surface area contributed by atoms with Crippen molar-refractivity contribution in [3.05, 3.63) is 70.4 Å². The molecule has 3 rings (SSSR count). The molecule has 1 saturated heterocycles. The maximum absolute atomic E-state index is 13.0. The lowest BCUT2D eigenvalue weighted by Crippen LogP contribution is -2.41. The lowest BCUT2D eigenvalue weighted by atomic mass is 10.1. The molecule has 1 aliphatic rings. The van der Waals surface area contributed by atoms with Crippen LogP contribution in [0.1, 0.15) is 35.2 Å². The Labute approximate surface area is 169 Å². The summed E-state index contributed by atoms with van der Waals surface area (Å²) in [5.41, 5.74) is 1.50. The van der Waals surface area contributed by atoms with E-state index in [1.54, 1.807) is 54.5 Å². The van der Waals surface area contributed by atoms with Gasteiger partial charge in [-0.05, 0) is 67.3 Å². The molecular weight excluding hydrogens is 376 g/mol. The van der Waals surface area contributed by atoms with Crippen molar-refractivity contribution < 1.29 is 14.3 Å². The standard InChI is InChI=1S/C22H23ClN2O3/c1-28-19-11-7-17(8-12-19)21(26)24-20(15-16-5-9-18(23)10-6-16)22(27)25-13-3-2-4-14-25/h5-12,15H,2-4,13-14H2,1H3,(H,24,26)/b20-15+. The second kappa shape index (κ2) is 9.42. The fraction of sp³-hybridized carbons (Fsp3) is 0.273. The Hall–Kier alpha value is -2.79. The molecule has 2 aromatic rings.